The van der Waals surface area contributed by atoms with E-state index in [-0.39, 0.29) is 24.5 Å². The smallest absolute Gasteiger partial charge is 0.242 e. The third-order valence-corrected chi connectivity index (χ3v) is 6.81. The number of rotatable bonds is 14. The summed E-state index contributed by atoms with van der Waals surface area (Å²) in [4.78, 5) is 35.2. The molecule has 0 fully saturated rings. The lowest BCUT2D eigenvalue weighted by Gasteiger charge is -2.20. The van der Waals surface area contributed by atoms with Crippen LogP contribution in [-0.2, 0) is 35.3 Å². The molecule has 0 bridgehead atoms. The molecule has 0 radical (unpaired) electrons. The van der Waals surface area contributed by atoms with Crippen LogP contribution < -0.4 is 22.1 Å². The van der Waals surface area contributed by atoms with Gasteiger partial charge >= 0.3 is 0 Å². The summed E-state index contributed by atoms with van der Waals surface area (Å²) in [5.74, 6) is -0.545. The van der Waals surface area contributed by atoms with Gasteiger partial charge in [-0.3, -0.25) is 9.59 Å². The zero-order valence-corrected chi connectivity index (χ0v) is 20.5. The number of nitrogens with one attached hydrogen (secondary N) is 3. The van der Waals surface area contributed by atoms with Crippen molar-refractivity contribution in [2.24, 2.45) is 11.5 Å². The van der Waals surface area contributed by atoms with Crippen molar-refractivity contribution in [3.63, 3.8) is 0 Å². The number of aromatic nitrogens is 2. The standard InChI is InChI=1S/C25H34N6O3S/c26-11-2-1-3-20-8-9-21(35-20)10-12-29-25(34)23(14-18-15-28-16-30-18)31-24(33)22(27)13-17-4-6-19(32)7-5-17/h4-9,15-16,22-23,32H,1-3,10-14,26-27H2,(H,28,30)(H,29,34)(H,31,33)/t22-,23-/m0/s1. The van der Waals surface area contributed by atoms with Crippen molar-refractivity contribution in [3.8, 4) is 5.75 Å². The Labute approximate surface area is 209 Å². The summed E-state index contributed by atoms with van der Waals surface area (Å²) in [6.45, 7) is 1.18. The van der Waals surface area contributed by atoms with Crippen LogP contribution in [0.1, 0.15) is 33.9 Å². The third-order valence-electron chi connectivity index (χ3n) is 5.61. The minimum Gasteiger partial charge on any atom is -0.508 e. The van der Waals surface area contributed by atoms with Crippen molar-refractivity contribution in [1.29, 1.82) is 0 Å². The van der Waals surface area contributed by atoms with Crippen LogP contribution in [0.3, 0.4) is 0 Å². The Balaban J connectivity index is 1.53. The van der Waals surface area contributed by atoms with Crippen LogP contribution in [0.25, 0.3) is 0 Å². The number of hydrogen-bond donors (Lipinski definition) is 6. The summed E-state index contributed by atoms with van der Waals surface area (Å²) in [6, 6.07) is 9.13. The first kappa shape index (κ1) is 26.4. The number of amides is 2. The highest BCUT2D eigenvalue weighted by Crippen LogP contribution is 2.19. The number of aromatic hydroxyl groups is 1. The Bertz CT molecular complexity index is 1050. The predicted octanol–water partition coefficient (Wildman–Crippen LogP) is 1.41. The number of phenols is 1. The van der Waals surface area contributed by atoms with Gasteiger partial charge in [-0.05, 0) is 68.5 Å². The van der Waals surface area contributed by atoms with Crippen molar-refractivity contribution < 1.29 is 14.7 Å². The first-order chi connectivity index (χ1) is 16.9. The van der Waals surface area contributed by atoms with Gasteiger partial charge in [0.05, 0.1) is 12.4 Å². The number of unbranched alkanes of at least 4 members (excludes halogenated alkanes) is 1. The van der Waals surface area contributed by atoms with Gasteiger partial charge in [0, 0.05) is 34.6 Å². The number of nitrogens with zero attached hydrogens (tertiary/aromatic N) is 1. The first-order valence-electron chi connectivity index (χ1n) is 11.8. The molecule has 3 aromatic rings. The van der Waals surface area contributed by atoms with E-state index < -0.39 is 18.0 Å². The maximum atomic E-state index is 13.0. The molecule has 9 nitrogen and oxygen atoms in total. The Morgan fingerprint density at radius 1 is 1.03 bits per heavy atom. The van der Waals surface area contributed by atoms with Crippen LogP contribution in [0.5, 0.6) is 5.75 Å². The van der Waals surface area contributed by atoms with Gasteiger partial charge < -0.3 is 32.2 Å². The summed E-state index contributed by atoms with van der Waals surface area (Å²) in [7, 11) is 0. The fourth-order valence-electron chi connectivity index (χ4n) is 3.65. The van der Waals surface area contributed by atoms with Gasteiger partial charge in [0.15, 0.2) is 0 Å². The van der Waals surface area contributed by atoms with Crippen molar-refractivity contribution in [2.45, 2.75) is 50.6 Å². The second-order valence-corrected chi connectivity index (χ2v) is 9.73. The molecular weight excluding hydrogens is 464 g/mol. The molecular formula is C25H34N6O3S. The predicted molar refractivity (Wildman–Crippen MR) is 137 cm³/mol. The molecule has 2 atom stereocenters. The average molecular weight is 499 g/mol. The van der Waals surface area contributed by atoms with E-state index in [0.717, 1.165) is 36.9 Å². The Morgan fingerprint density at radius 3 is 2.46 bits per heavy atom. The van der Waals surface area contributed by atoms with Crippen LogP contribution in [0.2, 0.25) is 0 Å². The van der Waals surface area contributed by atoms with Gasteiger partial charge in [0.2, 0.25) is 11.8 Å². The monoisotopic (exact) mass is 498 g/mol. The minimum atomic E-state index is -0.833. The molecule has 0 aliphatic rings. The Morgan fingerprint density at radius 2 is 1.77 bits per heavy atom. The first-order valence-corrected chi connectivity index (χ1v) is 12.6. The fraction of sp³-hybridized carbons (Fsp3) is 0.400. The highest BCUT2D eigenvalue weighted by atomic mass is 32.1. The van der Waals surface area contributed by atoms with E-state index in [0.29, 0.717) is 13.1 Å². The van der Waals surface area contributed by atoms with E-state index in [2.05, 4.69) is 32.7 Å². The molecule has 0 saturated heterocycles. The SMILES string of the molecule is NCCCCc1ccc(CCNC(=O)[C@H](Cc2cnc[nH]2)NC(=O)[C@@H](N)Cc2ccc(O)cc2)s1. The number of phenolic OH excluding ortho intramolecular Hbond substituents is 1. The topological polar surface area (TPSA) is 159 Å². The summed E-state index contributed by atoms with van der Waals surface area (Å²) >= 11 is 1.76. The lowest BCUT2D eigenvalue weighted by Crippen LogP contribution is -2.53. The van der Waals surface area contributed by atoms with E-state index in [1.807, 2.05) is 0 Å². The highest BCUT2D eigenvalue weighted by molar-refractivity contribution is 7.12. The number of hydrogen-bond acceptors (Lipinski definition) is 7. The molecule has 2 amide bonds. The fourth-order valence-corrected chi connectivity index (χ4v) is 4.71. The molecule has 2 aromatic heterocycles. The summed E-state index contributed by atoms with van der Waals surface area (Å²) in [5, 5.41) is 15.2. The summed E-state index contributed by atoms with van der Waals surface area (Å²) in [5.41, 5.74) is 13.2. The van der Waals surface area contributed by atoms with Gasteiger partial charge in [0.25, 0.3) is 0 Å². The molecule has 0 aliphatic heterocycles. The van der Waals surface area contributed by atoms with Gasteiger partial charge in [-0.15, -0.1) is 11.3 Å². The second kappa shape index (κ2) is 13.6. The van der Waals surface area contributed by atoms with Crippen LogP contribution in [-0.4, -0.2) is 52.1 Å². The largest absolute Gasteiger partial charge is 0.508 e. The van der Waals surface area contributed by atoms with Crippen molar-refractivity contribution in [3.05, 3.63) is 69.9 Å². The molecule has 10 heteroatoms. The van der Waals surface area contributed by atoms with Crippen molar-refractivity contribution in [2.75, 3.05) is 13.1 Å². The lowest BCUT2D eigenvalue weighted by atomic mass is 10.0. The molecule has 188 valence electrons. The molecule has 0 aliphatic carbocycles. The molecule has 0 saturated carbocycles. The number of H-pyrrole nitrogens is 1. The van der Waals surface area contributed by atoms with Crippen molar-refractivity contribution in [1.82, 2.24) is 20.6 Å². The Hall–Kier alpha value is -3.21. The molecule has 35 heavy (non-hydrogen) atoms. The van der Waals surface area contributed by atoms with Gasteiger partial charge in [-0.2, -0.15) is 0 Å². The Kier molecular flexibility index (Phi) is 10.3. The van der Waals surface area contributed by atoms with E-state index in [9.17, 15) is 14.7 Å². The number of aromatic amines is 1. The van der Waals surface area contributed by atoms with Crippen LogP contribution in [0, 0.1) is 0 Å². The maximum absolute atomic E-state index is 13.0. The summed E-state index contributed by atoms with van der Waals surface area (Å²) < 4.78 is 0. The number of nitrogens with two attached hydrogens (primary N) is 2. The normalized spacial score (nSPS) is 12.7. The van der Waals surface area contributed by atoms with Crippen LogP contribution in [0.15, 0.2) is 48.9 Å². The second-order valence-electron chi connectivity index (χ2n) is 8.47. The summed E-state index contributed by atoms with van der Waals surface area (Å²) in [6.07, 6.45) is 7.56. The lowest BCUT2D eigenvalue weighted by molar-refractivity contribution is -0.129. The molecule has 0 unspecified atom stereocenters. The average Bonchev–Trinajstić information content (AvgIpc) is 3.52. The van der Waals surface area contributed by atoms with Crippen LogP contribution in [0.4, 0.5) is 0 Å². The quantitative estimate of drug-likeness (QED) is 0.184. The van der Waals surface area contributed by atoms with Crippen LogP contribution >= 0.6 is 11.3 Å². The van der Waals surface area contributed by atoms with Crippen molar-refractivity contribution >= 4 is 23.2 Å². The molecule has 3 rings (SSSR count). The highest BCUT2D eigenvalue weighted by Gasteiger charge is 2.24. The number of imidazole rings is 1. The van der Waals surface area contributed by atoms with Gasteiger partial charge in [-0.1, -0.05) is 12.1 Å². The molecule has 0 spiro atoms. The van der Waals surface area contributed by atoms with E-state index >= 15 is 0 Å². The third kappa shape index (κ3) is 8.82. The number of carbonyl (C=O) groups is 2. The molecule has 2 heterocycles. The molecule has 8 N–H and O–H groups in total. The maximum Gasteiger partial charge on any atom is 0.242 e. The zero-order valence-electron chi connectivity index (χ0n) is 19.7. The number of carbonyl (C=O) groups excluding carboxylic acids is 2. The number of thiophene rings is 1. The zero-order chi connectivity index (χ0) is 25.0. The van der Waals surface area contributed by atoms with E-state index in [1.54, 1.807) is 41.8 Å². The van der Waals surface area contributed by atoms with Gasteiger partial charge in [0.1, 0.15) is 11.8 Å². The van der Waals surface area contributed by atoms with Gasteiger partial charge in [-0.25, -0.2) is 4.98 Å². The molecule has 1 aromatic carbocycles. The van der Waals surface area contributed by atoms with E-state index in [1.165, 1.54) is 16.1 Å². The number of benzene rings is 1. The minimum absolute atomic E-state index is 0.147. The van der Waals surface area contributed by atoms with E-state index in [4.69, 9.17) is 11.5 Å². The number of aryl methyl sites for hydroxylation is 1.